The molecule has 0 saturated carbocycles. The molecule has 3 heteroatoms. The minimum atomic E-state index is -0.448. The van der Waals surface area contributed by atoms with Gasteiger partial charge in [0, 0.05) is 17.7 Å². The van der Waals surface area contributed by atoms with Crippen molar-refractivity contribution in [2.45, 2.75) is 0 Å². The second-order valence-electron chi connectivity index (χ2n) is 3.19. The normalized spacial score (nSPS) is 10.9. The van der Waals surface area contributed by atoms with E-state index in [0.717, 1.165) is 16.5 Å². The van der Waals surface area contributed by atoms with Crippen LogP contribution in [0.2, 0.25) is 0 Å². The molecular weight excluding hydrogens is 188 g/mol. The van der Waals surface area contributed by atoms with Crippen molar-refractivity contribution >= 4 is 22.9 Å². The first-order valence-electron chi connectivity index (χ1n) is 4.58. The molecule has 0 radical (unpaired) electrons. The van der Waals surface area contributed by atoms with Crippen molar-refractivity contribution in [2.75, 3.05) is 0 Å². The summed E-state index contributed by atoms with van der Waals surface area (Å²) in [6.45, 7) is 0. The number of pyridine rings is 1. The molecule has 2 aromatic rings. The topological polar surface area (TPSA) is 56.0 Å². The van der Waals surface area contributed by atoms with Crippen molar-refractivity contribution in [3.8, 4) is 0 Å². The van der Waals surface area contributed by atoms with Crippen LogP contribution >= 0.6 is 0 Å². The van der Waals surface area contributed by atoms with E-state index in [9.17, 15) is 4.79 Å². The number of carbonyl (C=O) groups excluding carboxylic acids is 1. The molecule has 0 aliphatic carbocycles. The highest BCUT2D eigenvalue weighted by Gasteiger charge is 1.94. The van der Waals surface area contributed by atoms with Crippen LogP contribution in [0.4, 0.5) is 0 Å². The maximum Gasteiger partial charge on any atom is 0.241 e. The molecule has 1 amide bonds. The van der Waals surface area contributed by atoms with Gasteiger partial charge in [-0.2, -0.15) is 0 Å². The van der Waals surface area contributed by atoms with E-state index < -0.39 is 5.91 Å². The second kappa shape index (κ2) is 3.92. The van der Waals surface area contributed by atoms with Gasteiger partial charge in [-0.3, -0.25) is 9.78 Å². The summed E-state index contributed by atoms with van der Waals surface area (Å²) < 4.78 is 0. The van der Waals surface area contributed by atoms with Gasteiger partial charge in [-0.05, 0) is 23.8 Å². The number of benzene rings is 1. The lowest BCUT2D eigenvalue weighted by atomic mass is 10.1. The van der Waals surface area contributed by atoms with Crippen molar-refractivity contribution in [1.82, 2.24) is 4.98 Å². The minimum Gasteiger partial charge on any atom is -0.366 e. The Morgan fingerprint density at radius 1 is 1.33 bits per heavy atom. The number of amides is 1. The first kappa shape index (κ1) is 9.40. The van der Waals surface area contributed by atoms with E-state index in [-0.39, 0.29) is 0 Å². The minimum absolute atomic E-state index is 0.448. The van der Waals surface area contributed by atoms with Crippen LogP contribution in [-0.4, -0.2) is 10.9 Å². The summed E-state index contributed by atoms with van der Waals surface area (Å²) in [7, 11) is 0. The van der Waals surface area contributed by atoms with E-state index in [1.165, 1.54) is 6.08 Å². The molecule has 74 valence electrons. The number of rotatable bonds is 2. The highest BCUT2D eigenvalue weighted by atomic mass is 16.1. The monoisotopic (exact) mass is 198 g/mol. The van der Waals surface area contributed by atoms with Crippen LogP contribution in [0.1, 0.15) is 5.56 Å². The molecular formula is C12H10N2O. The third-order valence-corrected chi connectivity index (χ3v) is 2.07. The fourth-order valence-electron chi connectivity index (χ4n) is 1.37. The molecule has 15 heavy (non-hydrogen) atoms. The van der Waals surface area contributed by atoms with Crippen LogP contribution in [0.5, 0.6) is 0 Å². The molecule has 0 fully saturated rings. The van der Waals surface area contributed by atoms with Gasteiger partial charge in [0.05, 0.1) is 5.52 Å². The lowest BCUT2D eigenvalue weighted by Crippen LogP contribution is -2.05. The Kier molecular flexibility index (Phi) is 2.46. The third kappa shape index (κ3) is 2.20. The number of aromatic nitrogens is 1. The van der Waals surface area contributed by atoms with Crippen molar-refractivity contribution in [2.24, 2.45) is 5.73 Å². The Labute approximate surface area is 87.2 Å². The lowest BCUT2D eigenvalue weighted by molar-refractivity contribution is -0.113. The van der Waals surface area contributed by atoms with E-state index >= 15 is 0 Å². The Bertz CT molecular complexity index is 532. The third-order valence-electron chi connectivity index (χ3n) is 2.07. The molecule has 3 nitrogen and oxygen atoms in total. The van der Waals surface area contributed by atoms with Gasteiger partial charge in [-0.25, -0.2) is 0 Å². The van der Waals surface area contributed by atoms with Crippen LogP contribution in [0, 0.1) is 0 Å². The van der Waals surface area contributed by atoms with Crippen molar-refractivity contribution < 1.29 is 4.79 Å². The average Bonchev–Trinajstić information content (AvgIpc) is 2.26. The molecule has 1 heterocycles. The molecule has 2 rings (SSSR count). The summed E-state index contributed by atoms with van der Waals surface area (Å²) in [5, 5.41) is 1.08. The molecule has 0 aliphatic heterocycles. The quantitative estimate of drug-likeness (QED) is 0.747. The van der Waals surface area contributed by atoms with Crippen molar-refractivity contribution in [1.29, 1.82) is 0 Å². The van der Waals surface area contributed by atoms with Gasteiger partial charge in [0.25, 0.3) is 0 Å². The standard InChI is InChI=1S/C12H10N2O/c13-12(15)6-4-9-3-5-10-2-1-7-14-11(10)8-9/h1-8H,(H2,13,15). The fraction of sp³-hybridized carbons (Fsp3) is 0. The van der Waals surface area contributed by atoms with Crippen LogP contribution in [0.25, 0.3) is 17.0 Å². The summed E-state index contributed by atoms with van der Waals surface area (Å²) in [6.07, 6.45) is 4.75. The van der Waals surface area contributed by atoms with Gasteiger partial charge in [0.1, 0.15) is 0 Å². The Balaban J connectivity index is 2.43. The van der Waals surface area contributed by atoms with Gasteiger partial charge < -0.3 is 5.73 Å². The molecule has 0 atom stereocenters. The van der Waals surface area contributed by atoms with E-state index in [1.807, 2.05) is 30.3 Å². The van der Waals surface area contributed by atoms with Gasteiger partial charge in [0.2, 0.25) is 5.91 Å². The number of nitrogens with zero attached hydrogens (tertiary/aromatic N) is 1. The molecule has 0 spiro atoms. The van der Waals surface area contributed by atoms with Gasteiger partial charge in [-0.15, -0.1) is 0 Å². The van der Waals surface area contributed by atoms with Crippen LogP contribution in [0.3, 0.4) is 0 Å². The Morgan fingerprint density at radius 3 is 3.00 bits per heavy atom. The Hall–Kier alpha value is -2.16. The number of fused-ring (bicyclic) bond motifs is 1. The van der Waals surface area contributed by atoms with E-state index in [4.69, 9.17) is 5.73 Å². The number of nitrogens with two attached hydrogens (primary N) is 1. The molecule has 0 aliphatic rings. The predicted octanol–water partition coefficient (Wildman–Crippen LogP) is 1.73. The zero-order valence-electron chi connectivity index (χ0n) is 8.05. The molecule has 0 saturated heterocycles. The van der Waals surface area contributed by atoms with Gasteiger partial charge >= 0.3 is 0 Å². The summed E-state index contributed by atoms with van der Waals surface area (Å²) in [5.74, 6) is -0.448. The average molecular weight is 198 g/mol. The maximum absolute atomic E-state index is 10.6. The largest absolute Gasteiger partial charge is 0.366 e. The zero-order valence-corrected chi connectivity index (χ0v) is 8.05. The van der Waals surface area contributed by atoms with Gasteiger partial charge in [0.15, 0.2) is 0 Å². The molecule has 0 unspecified atom stereocenters. The molecule has 0 bridgehead atoms. The first-order chi connectivity index (χ1) is 7.25. The van der Waals surface area contributed by atoms with Crippen molar-refractivity contribution in [3.05, 3.63) is 48.2 Å². The highest BCUT2D eigenvalue weighted by molar-refractivity contribution is 5.91. The van der Waals surface area contributed by atoms with Crippen LogP contribution in [-0.2, 0) is 4.79 Å². The maximum atomic E-state index is 10.6. The number of hydrogen-bond acceptors (Lipinski definition) is 2. The van der Waals surface area contributed by atoms with Gasteiger partial charge in [-0.1, -0.05) is 18.2 Å². The smallest absolute Gasteiger partial charge is 0.241 e. The summed E-state index contributed by atoms with van der Waals surface area (Å²) in [4.78, 5) is 14.8. The number of hydrogen-bond donors (Lipinski definition) is 1. The Morgan fingerprint density at radius 2 is 2.20 bits per heavy atom. The summed E-state index contributed by atoms with van der Waals surface area (Å²) >= 11 is 0. The second-order valence-corrected chi connectivity index (χ2v) is 3.19. The molecule has 2 N–H and O–H groups in total. The lowest BCUT2D eigenvalue weighted by Gasteiger charge is -1.97. The molecule has 1 aromatic carbocycles. The van der Waals surface area contributed by atoms with E-state index in [0.29, 0.717) is 0 Å². The number of primary amides is 1. The first-order valence-corrected chi connectivity index (χ1v) is 4.58. The molecule has 1 aromatic heterocycles. The van der Waals surface area contributed by atoms with Crippen molar-refractivity contribution in [3.63, 3.8) is 0 Å². The van der Waals surface area contributed by atoms with E-state index in [1.54, 1.807) is 12.3 Å². The number of carbonyl (C=O) groups is 1. The zero-order chi connectivity index (χ0) is 10.7. The summed E-state index contributed by atoms with van der Waals surface area (Å²) in [5.41, 5.74) is 6.83. The van der Waals surface area contributed by atoms with E-state index in [2.05, 4.69) is 4.98 Å². The van der Waals surface area contributed by atoms with Crippen LogP contribution < -0.4 is 5.73 Å². The SMILES string of the molecule is NC(=O)C=Cc1ccc2cccnc2c1. The predicted molar refractivity (Wildman–Crippen MR) is 60.0 cm³/mol. The fourth-order valence-corrected chi connectivity index (χ4v) is 1.37. The van der Waals surface area contributed by atoms with Crippen LogP contribution in [0.15, 0.2) is 42.6 Å². The summed E-state index contributed by atoms with van der Waals surface area (Å²) in [6, 6.07) is 9.67. The highest BCUT2D eigenvalue weighted by Crippen LogP contribution is 2.13.